The average molecular weight is 263 g/mol. The van der Waals surface area contributed by atoms with Crippen molar-refractivity contribution in [2.45, 2.75) is 12.6 Å². The minimum atomic E-state index is -4.39. The summed E-state index contributed by atoms with van der Waals surface area (Å²) in [6, 6.07) is 6.76. The van der Waals surface area contributed by atoms with Gasteiger partial charge in [0.15, 0.2) is 5.82 Å². The Balaban J connectivity index is 2.34. The quantitative estimate of drug-likeness (QED) is 0.835. The number of hydrogen-bond donors (Lipinski definition) is 0. The average Bonchev–Trinajstić information content (AvgIpc) is 2.39. The molecule has 0 unspecified atom stereocenters. The highest BCUT2D eigenvalue weighted by Crippen LogP contribution is 2.31. The topological polar surface area (TPSA) is 49.6 Å². The fourth-order valence-corrected chi connectivity index (χ4v) is 1.52. The molecular weight excluding hydrogens is 255 g/mol. The molecule has 0 saturated heterocycles. The Morgan fingerprint density at radius 3 is 2.42 bits per heavy atom. The molecule has 19 heavy (non-hydrogen) atoms. The van der Waals surface area contributed by atoms with Crippen molar-refractivity contribution in [3.63, 3.8) is 0 Å². The summed E-state index contributed by atoms with van der Waals surface area (Å²) in [6.07, 6.45) is -1.35. The van der Waals surface area contributed by atoms with Gasteiger partial charge in [-0.05, 0) is 12.1 Å². The number of nitriles is 1. The van der Waals surface area contributed by atoms with Crippen molar-refractivity contribution in [1.82, 2.24) is 9.97 Å². The predicted octanol–water partition coefficient (Wildman–Crippen LogP) is 3.23. The zero-order chi connectivity index (χ0) is 13.9. The summed E-state index contributed by atoms with van der Waals surface area (Å²) in [5.41, 5.74) is 0.172. The summed E-state index contributed by atoms with van der Waals surface area (Å²) in [7, 11) is 0. The van der Waals surface area contributed by atoms with E-state index in [0.29, 0.717) is 11.1 Å². The van der Waals surface area contributed by atoms with E-state index in [-0.39, 0.29) is 12.2 Å². The van der Waals surface area contributed by atoms with Gasteiger partial charge in [-0.15, -0.1) is 0 Å². The summed E-state index contributed by atoms with van der Waals surface area (Å²) in [5.74, 6) is 0.202. The normalized spacial score (nSPS) is 11.1. The second-order valence-corrected chi connectivity index (χ2v) is 3.83. The molecular formula is C13H8F3N3. The molecule has 0 N–H and O–H groups in total. The number of hydrogen-bond acceptors (Lipinski definition) is 3. The zero-order valence-corrected chi connectivity index (χ0v) is 9.65. The molecule has 6 heteroatoms. The van der Waals surface area contributed by atoms with Gasteiger partial charge in [-0.25, -0.2) is 9.97 Å². The first-order valence-electron chi connectivity index (χ1n) is 5.36. The van der Waals surface area contributed by atoms with Crippen molar-refractivity contribution < 1.29 is 13.2 Å². The number of alkyl halides is 3. The van der Waals surface area contributed by atoms with E-state index in [0.717, 1.165) is 12.1 Å². The second kappa shape index (κ2) is 5.06. The lowest BCUT2D eigenvalue weighted by atomic mass is 10.1. The van der Waals surface area contributed by atoms with Gasteiger partial charge in [-0.2, -0.15) is 18.4 Å². The van der Waals surface area contributed by atoms with Gasteiger partial charge in [0.2, 0.25) is 0 Å². The molecule has 1 heterocycles. The lowest BCUT2D eigenvalue weighted by Gasteiger charge is -2.08. The van der Waals surface area contributed by atoms with Crippen LogP contribution in [0.1, 0.15) is 11.1 Å². The van der Waals surface area contributed by atoms with E-state index in [4.69, 9.17) is 5.26 Å². The molecule has 0 atom stereocenters. The van der Waals surface area contributed by atoms with Gasteiger partial charge in [-0.1, -0.05) is 12.1 Å². The molecule has 0 radical (unpaired) electrons. The van der Waals surface area contributed by atoms with Gasteiger partial charge in [-0.3, -0.25) is 0 Å². The first-order valence-corrected chi connectivity index (χ1v) is 5.36. The lowest BCUT2D eigenvalue weighted by molar-refractivity contribution is -0.137. The van der Waals surface area contributed by atoms with E-state index in [1.807, 2.05) is 6.07 Å². The third-order valence-electron chi connectivity index (χ3n) is 2.44. The van der Waals surface area contributed by atoms with Gasteiger partial charge in [0, 0.05) is 23.5 Å². The van der Waals surface area contributed by atoms with Crippen molar-refractivity contribution in [3.05, 3.63) is 47.8 Å². The molecule has 1 aromatic carbocycles. The molecule has 0 aliphatic carbocycles. The van der Waals surface area contributed by atoms with Gasteiger partial charge >= 0.3 is 6.18 Å². The summed E-state index contributed by atoms with van der Waals surface area (Å²) >= 11 is 0. The van der Waals surface area contributed by atoms with Crippen LogP contribution in [0, 0.1) is 11.3 Å². The fraction of sp³-hybridized carbons (Fsp3) is 0.154. The van der Waals surface area contributed by atoms with Gasteiger partial charge in [0.05, 0.1) is 18.1 Å². The highest BCUT2D eigenvalue weighted by molar-refractivity contribution is 5.56. The summed E-state index contributed by atoms with van der Waals surface area (Å²) < 4.78 is 37.7. The predicted molar refractivity (Wildman–Crippen MR) is 61.8 cm³/mol. The van der Waals surface area contributed by atoms with E-state index in [1.54, 1.807) is 0 Å². The van der Waals surface area contributed by atoms with E-state index in [9.17, 15) is 13.2 Å². The second-order valence-electron chi connectivity index (χ2n) is 3.83. The Hall–Kier alpha value is -2.42. The Morgan fingerprint density at radius 1 is 1.16 bits per heavy atom. The summed E-state index contributed by atoms with van der Waals surface area (Å²) in [4.78, 5) is 7.92. The highest BCUT2D eigenvalue weighted by atomic mass is 19.4. The van der Waals surface area contributed by atoms with Crippen LogP contribution in [-0.2, 0) is 12.6 Å². The van der Waals surface area contributed by atoms with Crippen LogP contribution in [0.2, 0.25) is 0 Å². The SMILES string of the molecule is N#CCc1cnc(-c2cccc(C(F)(F)F)c2)nc1. The Bertz CT molecular complexity index is 612. The Kier molecular flexibility index (Phi) is 3.47. The van der Waals surface area contributed by atoms with Gasteiger partial charge < -0.3 is 0 Å². The largest absolute Gasteiger partial charge is 0.416 e. The molecule has 0 fully saturated rings. The number of nitrogens with zero attached hydrogens (tertiary/aromatic N) is 3. The van der Waals surface area contributed by atoms with E-state index in [1.165, 1.54) is 24.5 Å². The first-order chi connectivity index (χ1) is 9.00. The molecule has 0 spiro atoms. The van der Waals surface area contributed by atoms with Crippen LogP contribution < -0.4 is 0 Å². The minimum Gasteiger partial charge on any atom is -0.236 e. The standard InChI is InChI=1S/C13H8F3N3/c14-13(15,16)11-3-1-2-10(6-11)12-18-7-9(4-5-17)8-19-12/h1-3,6-8H,4H2. The zero-order valence-electron chi connectivity index (χ0n) is 9.65. The van der Waals surface area contributed by atoms with Crippen molar-refractivity contribution >= 4 is 0 Å². The highest BCUT2D eigenvalue weighted by Gasteiger charge is 2.30. The Morgan fingerprint density at radius 2 is 1.84 bits per heavy atom. The van der Waals surface area contributed by atoms with Crippen molar-refractivity contribution in [2.24, 2.45) is 0 Å². The number of rotatable bonds is 2. The molecule has 0 amide bonds. The van der Waals surface area contributed by atoms with E-state index >= 15 is 0 Å². The molecule has 0 saturated carbocycles. The van der Waals surface area contributed by atoms with Crippen LogP contribution >= 0.6 is 0 Å². The Labute approximate surface area is 107 Å². The molecule has 1 aromatic heterocycles. The molecule has 0 aliphatic heterocycles. The maximum absolute atomic E-state index is 12.6. The number of benzene rings is 1. The first kappa shape index (κ1) is 13.0. The van der Waals surface area contributed by atoms with Crippen LogP contribution in [0.15, 0.2) is 36.7 Å². The molecule has 3 nitrogen and oxygen atoms in total. The minimum absolute atomic E-state index is 0.170. The maximum Gasteiger partial charge on any atom is 0.416 e. The van der Waals surface area contributed by atoms with Gasteiger partial charge in [0.1, 0.15) is 0 Å². The smallest absolute Gasteiger partial charge is 0.236 e. The molecule has 2 aromatic rings. The third-order valence-corrected chi connectivity index (χ3v) is 2.44. The van der Waals surface area contributed by atoms with Crippen LogP contribution in [-0.4, -0.2) is 9.97 Å². The van der Waals surface area contributed by atoms with Crippen LogP contribution in [0.4, 0.5) is 13.2 Å². The third kappa shape index (κ3) is 3.07. The van der Waals surface area contributed by atoms with Crippen molar-refractivity contribution in [3.8, 4) is 17.5 Å². The van der Waals surface area contributed by atoms with Crippen LogP contribution in [0.3, 0.4) is 0 Å². The molecule has 0 bridgehead atoms. The molecule has 0 aliphatic rings. The fourth-order valence-electron chi connectivity index (χ4n) is 1.52. The van der Waals surface area contributed by atoms with Crippen molar-refractivity contribution in [2.75, 3.05) is 0 Å². The number of halogens is 3. The lowest BCUT2D eigenvalue weighted by Crippen LogP contribution is -2.04. The van der Waals surface area contributed by atoms with Crippen LogP contribution in [0.25, 0.3) is 11.4 Å². The molecule has 2 rings (SSSR count). The van der Waals surface area contributed by atoms with E-state index < -0.39 is 11.7 Å². The van der Waals surface area contributed by atoms with Crippen LogP contribution in [0.5, 0.6) is 0 Å². The monoisotopic (exact) mass is 263 g/mol. The van der Waals surface area contributed by atoms with Crippen molar-refractivity contribution in [1.29, 1.82) is 5.26 Å². The summed E-state index contributed by atoms with van der Waals surface area (Å²) in [5, 5.41) is 8.50. The van der Waals surface area contributed by atoms with E-state index in [2.05, 4.69) is 9.97 Å². The van der Waals surface area contributed by atoms with Gasteiger partial charge in [0.25, 0.3) is 0 Å². The summed E-state index contributed by atoms with van der Waals surface area (Å²) in [6.45, 7) is 0. The maximum atomic E-state index is 12.6. The molecule has 96 valence electrons. The number of aromatic nitrogens is 2.